The van der Waals surface area contributed by atoms with E-state index < -0.39 is 11.1 Å². The minimum Gasteiger partial charge on any atom is -0.396 e. The monoisotopic (exact) mass is 159 g/mol. The highest BCUT2D eigenvalue weighted by Gasteiger charge is 2.58. The zero-order valence-electron chi connectivity index (χ0n) is 6.57. The fourth-order valence-electron chi connectivity index (χ4n) is 2.50. The third-order valence-electron chi connectivity index (χ3n) is 3.35. The first kappa shape index (κ1) is 7.50. The quantitative estimate of drug-likeness (QED) is 0.582. The maximum atomic E-state index is 13.9. The van der Waals surface area contributed by atoms with Gasteiger partial charge in [-0.2, -0.15) is 0 Å². The van der Waals surface area contributed by atoms with Gasteiger partial charge in [-0.25, -0.2) is 4.39 Å². The van der Waals surface area contributed by atoms with E-state index in [1.165, 1.54) is 0 Å². The maximum absolute atomic E-state index is 13.9. The van der Waals surface area contributed by atoms with Crippen molar-refractivity contribution in [1.82, 2.24) is 5.32 Å². The lowest BCUT2D eigenvalue weighted by atomic mass is 9.79. The predicted molar refractivity (Wildman–Crippen MR) is 40.1 cm³/mol. The van der Waals surface area contributed by atoms with E-state index in [4.69, 9.17) is 5.11 Å². The van der Waals surface area contributed by atoms with E-state index in [0.717, 1.165) is 12.8 Å². The molecule has 1 aliphatic carbocycles. The van der Waals surface area contributed by atoms with Gasteiger partial charge in [0, 0.05) is 18.5 Å². The van der Waals surface area contributed by atoms with Gasteiger partial charge in [0.15, 0.2) is 0 Å². The van der Waals surface area contributed by atoms with E-state index in [1.807, 2.05) is 0 Å². The van der Waals surface area contributed by atoms with Gasteiger partial charge in [0.1, 0.15) is 5.67 Å². The molecule has 2 rings (SSSR count). The molecule has 0 spiro atoms. The summed E-state index contributed by atoms with van der Waals surface area (Å²) in [5.74, 6) is 0. The summed E-state index contributed by atoms with van der Waals surface area (Å²) >= 11 is 0. The molecule has 2 aliphatic rings. The molecule has 64 valence electrons. The molecule has 1 saturated heterocycles. The highest BCUT2D eigenvalue weighted by Crippen LogP contribution is 2.50. The Morgan fingerprint density at radius 3 is 2.82 bits per heavy atom. The lowest BCUT2D eigenvalue weighted by Gasteiger charge is -2.30. The molecule has 0 bridgehead atoms. The third-order valence-corrected chi connectivity index (χ3v) is 3.35. The van der Waals surface area contributed by atoms with E-state index >= 15 is 0 Å². The van der Waals surface area contributed by atoms with Gasteiger partial charge in [0.05, 0.1) is 6.61 Å². The van der Waals surface area contributed by atoms with Crippen LogP contribution >= 0.6 is 0 Å². The van der Waals surface area contributed by atoms with Crippen molar-refractivity contribution in [3.05, 3.63) is 0 Å². The summed E-state index contributed by atoms with van der Waals surface area (Å²) in [6.07, 6.45) is 2.40. The van der Waals surface area contributed by atoms with Crippen molar-refractivity contribution >= 4 is 0 Å². The Bertz CT molecular complexity index is 161. The SMILES string of the molecule is OCC12CCCC1(F)CNC2. The number of nitrogens with one attached hydrogen (secondary N) is 1. The first-order valence-electron chi connectivity index (χ1n) is 4.23. The third kappa shape index (κ3) is 0.783. The van der Waals surface area contributed by atoms with E-state index in [9.17, 15) is 4.39 Å². The molecule has 3 heteroatoms. The topological polar surface area (TPSA) is 32.3 Å². The number of hydrogen-bond donors (Lipinski definition) is 2. The van der Waals surface area contributed by atoms with Crippen molar-refractivity contribution in [2.24, 2.45) is 5.41 Å². The number of aliphatic hydroxyl groups is 1. The fourth-order valence-corrected chi connectivity index (χ4v) is 2.50. The maximum Gasteiger partial charge on any atom is 0.132 e. The van der Waals surface area contributed by atoms with Crippen LogP contribution in [0, 0.1) is 5.41 Å². The van der Waals surface area contributed by atoms with Crippen LogP contribution in [-0.2, 0) is 0 Å². The van der Waals surface area contributed by atoms with Gasteiger partial charge >= 0.3 is 0 Å². The molecule has 1 heterocycles. The zero-order chi connectivity index (χ0) is 7.95. The van der Waals surface area contributed by atoms with E-state index in [2.05, 4.69) is 5.32 Å². The molecule has 0 aromatic rings. The number of halogens is 1. The summed E-state index contributed by atoms with van der Waals surface area (Å²) < 4.78 is 13.9. The highest BCUT2D eigenvalue weighted by molar-refractivity contribution is 5.10. The first-order chi connectivity index (χ1) is 5.22. The van der Waals surface area contributed by atoms with Crippen LogP contribution in [0.25, 0.3) is 0 Å². The summed E-state index contributed by atoms with van der Waals surface area (Å²) in [5.41, 5.74) is -1.55. The van der Waals surface area contributed by atoms with Crippen molar-refractivity contribution < 1.29 is 9.50 Å². The van der Waals surface area contributed by atoms with Crippen LogP contribution < -0.4 is 5.32 Å². The van der Waals surface area contributed by atoms with Crippen LogP contribution in [0.4, 0.5) is 4.39 Å². The normalized spacial score (nSPS) is 49.6. The first-order valence-corrected chi connectivity index (χ1v) is 4.23. The van der Waals surface area contributed by atoms with E-state index in [-0.39, 0.29) is 6.61 Å². The molecule has 2 fully saturated rings. The van der Waals surface area contributed by atoms with Crippen LogP contribution in [0.3, 0.4) is 0 Å². The second-order valence-corrected chi connectivity index (χ2v) is 3.86. The van der Waals surface area contributed by atoms with Gasteiger partial charge < -0.3 is 10.4 Å². The second-order valence-electron chi connectivity index (χ2n) is 3.86. The van der Waals surface area contributed by atoms with Crippen LogP contribution in [0.15, 0.2) is 0 Å². The molecule has 1 aliphatic heterocycles. The molecule has 11 heavy (non-hydrogen) atoms. The van der Waals surface area contributed by atoms with Crippen molar-refractivity contribution in [2.45, 2.75) is 24.9 Å². The predicted octanol–water partition coefficient (Wildman–Crippen LogP) is 0.460. The van der Waals surface area contributed by atoms with E-state index in [1.54, 1.807) is 0 Å². The Labute approximate surface area is 65.8 Å². The molecular formula is C8H14FNO. The molecule has 0 aromatic heterocycles. The molecule has 2 N–H and O–H groups in total. The molecule has 2 nitrogen and oxygen atoms in total. The second kappa shape index (κ2) is 2.17. The summed E-state index contributed by atoms with van der Waals surface area (Å²) in [7, 11) is 0. The average molecular weight is 159 g/mol. The molecule has 0 aromatic carbocycles. The van der Waals surface area contributed by atoms with Crippen molar-refractivity contribution in [1.29, 1.82) is 0 Å². The summed E-state index contributed by atoms with van der Waals surface area (Å²) in [6.45, 7) is 1.09. The minimum atomic E-state index is -1.11. The Morgan fingerprint density at radius 1 is 1.36 bits per heavy atom. The van der Waals surface area contributed by atoms with Gasteiger partial charge in [0.25, 0.3) is 0 Å². The summed E-state index contributed by atoms with van der Waals surface area (Å²) in [4.78, 5) is 0. The number of alkyl halides is 1. The van der Waals surface area contributed by atoms with Gasteiger partial charge in [-0.15, -0.1) is 0 Å². The summed E-state index contributed by atoms with van der Waals surface area (Å²) in [6, 6.07) is 0. The Balaban J connectivity index is 2.28. The minimum absolute atomic E-state index is 0.00347. The molecule has 0 amide bonds. The van der Waals surface area contributed by atoms with Crippen LogP contribution in [0.1, 0.15) is 19.3 Å². The van der Waals surface area contributed by atoms with Gasteiger partial charge in [0.2, 0.25) is 0 Å². The largest absolute Gasteiger partial charge is 0.396 e. The van der Waals surface area contributed by atoms with Gasteiger partial charge in [-0.1, -0.05) is 0 Å². The van der Waals surface area contributed by atoms with Crippen molar-refractivity contribution in [3.63, 3.8) is 0 Å². The van der Waals surface area contributed by atoms with Crippen molar-refractivity contribution in [2.75, 3.05) is 19.7 Å². The van der Waals surface area contributed by atoms with Crippen LogP contribution in [-0.4, -0.2) is 30.5 Å². The Hall–Kier alpha value is -0.150. The van der Waals surface area contributed by atoms with Crippen molar-refractivity contribution in [3.8, 4) is 0 Å². The molecular weight excluding hydrogens is 145 g/mol. The van der Waals surface area contributed by atoms with E-state index in [0.29, 0.717) is 19.5 Å². The van der Waals surface area contributed by atoms with Gasteiger partial charge in [-0.3, -0.25) is 0 Å². The fraction of sp³-hybridized carbons (Fsp3) is 1.00. The lowest BCUT2D eigenvalue weighted by molar-refractivity contribution is 0.0203. The van der Waals surface area contributed by atoms with Crippen LogP contribution in [0.5, 0.6) is 0 Å². The molecule has 1 saturated carbocycles. The standard InChI is InChI=1S/C8H14FNO/c9-8-3-1-2-7(8,6-11)4-10-5-8/h10-11H,1-6H2. The van der Waals surface area contributed by atoms with Gasteiger partial charge in [-0.05, 0) is 19.3 Å². The Kier molecular flexibility index (Phi) is 1.48. The highest BCUT2D eigenvalue weighted by atomic mass is 19.1. The summed E-state index contributed by atoms with van der Waals surface area (Å²) in [5, 5.41) is 12.1. The smallest absolute Gasteiger partial charge is 0.132 e. The Morgan fingerprint density at radius 2 is 2.18 bits per heavy atom. The average Bonchev–Trinajstić information content (AvgIpc) is 2.41. The molecule has 0 radical (unpaired) electrons. The number of hydrogen-bond acceptors (Lipinski definition) is 2. The number of rotatable bonds is 1. The zero-order valence-corrected chi connectivity index (χ0v) is 6.57. The molecule has 2 atom stereocenters. The number of aliphatic hydroxyl groups excluding tert-OH is 1. The van der Waals surface area contributed by atoms with Crippen LogP contribution in [0.2, 0.25) is 0 Å². The lowest BCUT2D eigenvalue weighted by Crippen LogP contribution is -2.41. The number of fused-ring (bicyclic) bond motifs is 1. The molecule has 2 unspecified atom stereocenters.